The number of benzene rings is 1. The highest BCUT2D eigenvalue weighted by Crippen LogP contribution is 2.42. The predicted octanol–water partition coefficient (Wildman–Crippen LogP) is 4.30. The average molecular weight is 629 g/mol. The minimum Gasteiger partial charge on any atom is -0.497 e. The van der Waals surface area contributed by atoms with Gasteiger partial charge in [-0.2, -0.15) is 0 Å². The number of nitrogens with zero attached hydrogens (tertiary/aromatic N) is 2. The Balaban J connectivity index is 1.48. The van der Waals surface area contributed by atoms with E-state index in [2.05, 4.69) is 11.8 Å². The number of methoxy groups -OCH3 is 1. The molecule has 2 N–H and O–H groups in total. The van der Waals surface area contributed by atoms with Gasteiger partial charge in [0.1, 0.15) is 5.76 Å². The zero-order chi connectivity index (χ0) is 32.2. The third-order valence-corrected chi connectivity index (χ3v) is 9.79. The maximum Gasteiger partial charge on any atom is 0.339 e. The van der Waals surface area contributed by atoms with E-state index < -0.39 is 23.3 Å². The molecule has 10 nitrogen and oxygen atoms in total. The fraction of sp³-hybridized carbons (Fsp3) is 0.714. The van der Waals surface area contributed by atoms with Gasteiger partial charge in [-0.1, -0.05) is 6.92 Å². The van der Waals surface area contributed by atoms with Gasteiger partial charge in [-0.25, -0.2) is 4.79 Å². The second-order valence-corrected chi connectivity index (χ2v) is 14.2. The predicted molar refractivity (Wildman–Crippen MR) is 169 cm³/mol. The van der Waals surface area contributed by atoms with Crippen molar-refractivity contribution in [2.75, 3.05) is 46.6 Å². The molecule has 0 aromatic heterocycles. The van der Waals surface area contributed by atoms with Gasteiger partial charge in [0.05, 0.1) is 19.1 Å². The van der Waals surface area contributed by atoms with Crippen molar-refractivity contribution in [2.45, 2.75) is 108 Å². The van der Waals surface area contributed by atoms with Crippen molar-refractivity contribution >= 4 is 11.9 Å². The zero-order valence-corrected chi connectivity index (χ0v) is 27.5. The normalized spacial score (nSPS) is 27.7. The Kier molecular flexibility index (Phi) is 10.7. The standard InChI is InChI=1S/C35H52N2O8/c1-24-10-8-16-37(21-24)31(38)20-35(41,14-9-13-34(2,3)40)33(39)45-32-27-22-36(15-7-5-6-11-28(32)42-4)17-12-25-18-29-30(19-26(25)27)44-23-43-29/h11,18-19,24,27,32,40-41H,5-10,12-17,20-23H2,1-4H3/b28-11+/t24?,27-,32+,35-/m1/s1. The number of hydrogen-bond donors (Lipinski definition) is 2. The highest BCUT2D eigenvalue weighted by atomic mass is 16.7. The maximum atomic E-state index is 14.3. The van der Waals surface area contributed by atoms with Crippen LogP contribution in [0.1, 0.15) is 95.6 Å². The van der Waals surface area contributed by atoms with Crippen LogP contribution >= 0.6 is 0 Å². The Labute approximate surface area is 267 Å². The van der Waals surface area contributed by atoms with Crippen LogP contribution in [-0.2, 0) is 25.5 Å². The lowest BCUT2D eigenvalue weighted by Crippen LogP contribution is -2.49. The zero-order valence-electron chi connectivity index (χ0n) is 27.5. The van der Waals surface area contributed by atoms with Crippen molar-refractivity contribution in [3.63, 3.8) is 0 Å². The summed E-state index contributed by atoms with van der Waals surface area (Å²) in [6, 6.07) is 4.04. The number of rotatable bonds is 9. The first kappa shape index (κ1) is 33.5. The van der Waals surface area contributed by atoms with Crippen LogP contribution in [0.4, 0.5) is 0 Å². The number of aliphatic hydroxyl groups is 2. The van der Waals surface area contributed by atoms with Crippen LogP contribution in [0.25, 0.3) is 0 Å². The van der Waals surface area contributed by atoms with Crippen molar-refractivity contribution in [2.24, 2.45) is 5.92 Å². The summed E-state index contributed by atoms with van der Waals surface area (Å²) >= 11 is 0. The lowest BCUT2D eigenvalue weighted by molar-refractivity contribution is -0.177. The van der Waals surface area contributed by atoms with Crippen LogP contribution in [0.5, 0.6) is 11.5 Å². The lowest BCUT2D eigenvalue weighted by atomic mass is 9.86. The molecule has 5 atom stereocenters. The molecule has 4 aliphatic heterocycles. The SMILES string of the molecule is CO/C1=C/CCCCN2CCc3cc4c(cc3[C@@H](C2)[C@@H]1OC(=O)[C@@](O)(CCCC(C)(C)O)CC(=O)N1CCCC(C)C1)OCO4. The van der Waals surface area contributed by atoms with E-state index in [1.807, 2.05) is 18.2 Å². The molecule has 1 aromatic carbocycles. The van der Waals surface area contributed by atoms with E-state index in [4.69, 9.17) is 18.9 Å². The summed E-state index contributed by atoms with van der Waals surface area (Å²) in [6.45, 7) is 9.31. The monoisotopic (exact) mass is 628 g/mol. The molecule has 0 saturated carbocycles. The lowest BCUT2D eigenvalue weighted by Gasteiger charge is -2.36. The molecule has 1 aromatic rings. The summed E-state index contributed by atoms with van der Waals surface area (Å²) < 4.78 is 23.8. The maximum absolute atomic E-state index is 14.3. The van der Waals surface area contributed by atoms with Crippen LogP contribution in [0.3, 0.4) is 0 Å². The van der Waals surface area contributed by atoms with E-state index in [0.29, 0.717) is 55.7 Å². The van der Waals surface area contributed by atoms with Gasteiger partial charge in [0.15, 0.2) is 23.2 Å². The van der Waals surface area contributed by atoms with Gasteiger partial charge in [-0.3, -0.25) is 4.79 Å². The Bertz CT molecular complexity index is 1240. The van der Waals surface area contributed by atoms with Gasteiger partial charge in [0.25, 0.3) is 0 Å². The van der Waals surface area contributed by atoms with Gasteiger partial charge in [-0.15, -0.1) is 0 Å². The van der Waals surface area contributed by atoms with E-state index in [-0.39, 0.29) is 31.5 Å². The summed E-state index contributed by atoms with van der Waals surface area (Å²) in [5, 5.41) is 22.4. The first-order valence-electron chi connectivity index (χ1n) is 16.8. The van der Waals surface area contributed by atoms with E-state index in [1.165, 1.54) is 0 Å². The molecule has 2 bridgehead atoms. The summed E-state index contributed by atoms with van der Waals surface area (Å²) in [6.07, 6.45) is 7.07. The number of allylic oxidation sites excluding steroid dienone is 1. The highest BCUT2D eigenvalue weighted by molar-refractivity contribution is 5.88. The van der Waals surface area contributed by atoms with Crippen molar-refractivity contribution in [1.29, 1.82) is 0 Å². The van der Waals surface area contributed by atoms with Crippen LogP contribution in [0.15, 0.2) is 24.0 Å². The van der Waals surface area contributed by atoms with Crippen LogP contribution < -0.4 is 9.47 Å². The molecule has 1 saturated heterocycles. The molecule has 0 aliphatic carbocycles. The molecule has 1 fully saturated rings. The van der Waals surface area contributed by atoms with E-state index >= 15 is 0 Å². The second kappa shape index (κ2) is 14.3. The number of esters is 1. The minimum absolute atomic E-state index is 0.00419. The molecular formula is C35H52N2O8. The molecule has 2 unspecified atom stereocenters. The van der Waals surface area contributed by atoms with Gasteiger partial charge >= 0.3 is 5.97 Å². The summed E-state index contributed by atoms with van der Waals surface area (Å²) in [5.41, 5.74) is -0.914. The molecule has 0 radical (unpaired) electrons. The van der Waals surface area contributed by atoms with E-state index in [1.54, 1.807) is 25.9 Å². The van der Waals surface area contributed by atoms with Crippen molar-refractivity contribution in [1.82, 2.24) is 9.80 Å². The number of fused-ring (bicyclic) bond motifs is 5. The second-order valence-electron chi connectivity index (χ2n) is 14.2. The Morgan fingerprint density at radius 1 is 1.02 bits per heavy atom. The van der Waals surface area contributed by atoms with Crippen molar-refractivity contribution in [3.8, 4) is 11.5 Å². The van der Waals surface area contributed by atoms with Gasteiger partial charge in [0, 0.05) is 32.1 Å². The van der Waals surface area contributed by atoms with E-state index in [9.17, 15) is 19.8 Å². The van der Waals surface area contributed by atoms with Crippen LogP contribution in [-0.4, -0.2) is 95.8 Å². The molecule has 45 heavy (non-hydrogen) atoms. The summed E-state index contributed by atoms with van der Waals surface area (Å²) in [4.78, 5) is 32.0. The van der Waals surface area contributed by atoms with Gasteiger partial charge < -0.3 is 39.0 Å². The van der Waals surface area contributed by atoms with Crippen molar-refractivity contribution < 1.29 is 38.7 Å². The third kappa shape index (κ3) is 8.32. The summed E-state index contributed by atoms with van der Waals surface area (Å²) in [5.74, 6) is 0.894. The number of carbonyl (C=O) groups is 2. The Hall–Kier alpha value is -2.82. The minimum atomic E-state index is -2.06. The average Bonchev–Trinajstić information content (AvgIpc) is 3.38. The number of hydrogen-bond acceptors (Lipinski definition) is 9. The Morgan fingerprint density at radius 2 is 1.80 bits per heavy atom. The topological polar surface area (TPSA) is 118 Å². The molecule has 5 rings (SSSR count). The van der Waals surface area contributed by atoms with Gasteiger partial charge in [-0.05, 0) is 113 Å². The molecular weight excluding hydrogens is 576 g/mol. The smallest absolute Gasteiger partial charge is 0.339 e. The fourth-order valence-corrected chi connectivity index (χ4v) is 7.23. The number of amides is 1. The molecule has 4 heterocycles. The molecule has 250 valence electrons. The first-order valence-corrected chi connectivity index (χ1v) is 16.8. The number of carbonyl (C=O) groups excluding carboxylic acids is 2. The fourth-order valence-electron chi connectivity index (χ4n) is 7.23. The molecule has 0 spiro atoms. The molecule has 10 heteroatoms. The summed E-state index contributed by atoms with van der Waals surface area (Å²) in [7, 11) is 1.59. The largest absolute Gasteiger partial charge is 0.497 e. The number of likely N-dealkylation sites (tertiary alicyclic amines) is 1. The molecule has 4 aliphatic rings. The van der Waals surface area contributed by atoms with Gasteiger partial charge in [0.2, 0.25) is 12.7 Å². The quantitative estimate of drug-likeness (QED) is 0.386. The first-order chi connectivity index (χ1) is 21.5. The highest BCUT2D eigenvalue weighted by Gasteiger charge is 2.45. The van der Waals surface area contributed by atoms with Crippen LogP contribution in [0, 0.1) is 5.92 Å². The number of piperidine rings is 1. The number of ether oxygens (including phenoxy) is 4. The van der Waals surface area contributed by atoms with Crippen molar-refractivity contribution in [3.05, 3.63) is 35.1 Å². The Morgan fingerprint density at radius 3 is 2.53 bits per heavy atom. The molecule has 1 amide bonds. The van der Waals surface area contributed by atoms with Crippen LogP contribution in [0.2, 0.25) is 0 Å². The third-order valence-electron chi connectivity index (χ3n) is 9.79. The van der Waals surface area contributed by atoms with E-state index in [0.717, 1.165) is 62.7 Å².